The number of sulfonamides is 1. The van der Waals surface area contributed by atoms with Crippen LogP contribution in [0.25, 0.3) is 0 Å². The Labute approximate surface area is 202 Å². The van der Waals surface area contributed by atoms with E-state index in [-0.39, 0.29) is 12.5 Å². The van der Waals surface area contributed by atoms with Crippen LogP contribution in [-0.2, 0) is 26.2 Å². The van der Waals surface area contributed by atoms with Crippen molar-refractivity contribution in [3.63, 3.8) is 0 Å². The van der Waals surface area contributed by atoms with Crippen LogP contribution in [0, 0.1) is 12.7 Å². The number of aryl methyl sites for hydroxylation is 1. The molecule has 9 heteroatoms. The van der Waals surface area contributed by atoms with Crippen LogP contribution in [0.4, 0.5) is 10.1 Å². The highest BCUT2D eigenvalue weighted by Crippen LogP contribution is 2.20. The minimum atomic E-state index is -3.77. The molecule has 34 heavy (non-hydrogen) atoms. The van der Waals surface area contributed by atoms with E-state index in [0.717, 1.165) is 29.0 Å². The molecule has 2 rings (SSSR count). The Hall–Kier alpha value is -2.94. The van der Waals surface area contributed by atoms with E-state index in [1.807, 2.05) is 13.8 Å². The van der Waals surface area contributed by atoms with Crippen LogP contribution in [0.3, 0.4) is 0 Å². The first-order valence-electron chi connectivity index (χ1n) is 11.4. The van der Waals surface area contributed by atoms with Gasteiger partial charge in [-0.1, -0.05) is 50.1 Å². The predicted molar refractivity (Wildman–Crippen MR) is 132 cm³/mol. The fourth-order valence-corrected chi connectivity index (χ4v) is 4.39. The van der Waals surface area contributed by atoms with E-state index < -0.39 is 34.3 Å². The highest BCUT2D eigenvalue weighted by molar-refractivity contribution is 7.92. The fraction of sp³-hybridized carbons (Fsp3) is 0.440. The molecule has 0 unspecified atom stereocenters. The highest BCUT2D eigenvalue weighted by Gasteiger charge is 2.31. The maximum atomic E-state index is 13.5. The number of unbranched alkanes of at least 4 members (excludes halogenated alkanes) is 1. The molecule has 0 bridgehead atoms. The molecule has 0 radical (unpaired) electrons. The molecule has 2 amide bonds. The van der Waals surface area contributed by atoms with Crippen molar-refractivity contribution < 1.29 is 22.4 Å². The summed E-state index contributed by atoms with van der Waals surface area (Å²) in [5, 5.41) is 2.86. The van der Waals surface area contributed by atoms with Gasteiger partial charge in [0.2, 0.25) is 21.8 Å². The lowest BCUT2D eigenvalue weighted by atomic mass is 10.1. The summed E-state index contributed by atoms with van der Waals surface area (Å²) < 4.78 is 39.6. The molecule has 0 aromatic heterocycles. The number of nitrogens with zero attached hydrogens (tertiary/aromatic N) is 2. The van der Waals surface area contributed by atoms with Crippen molar-refractivity contribution >= 4 is 27.5 Å². The zero-order valence-electron chi connectivity index (χ0n) is 20.3. The van der Waals surface area contributed by atoms with Gasteiger partial charge in [-0.25, -0.2) is 12.8 Å². The Balaban J connectivity index is 2.37. The molecule has 1 atom stereocenters. The third-order valence-corrected chi connectivity index (χ3v) is 6.62. The molecule has 186 valence electrons. The summed E-state index contributed by atoms with van der Waals surface area (Å²) in [6.45, 7) is 5.77. The van der Waals surface area contributed by atoms with Crippen LogP contribution in [0.1, 0.15) is 44.2 Å². The largest absolute Gasteiger partial charge is 0.354 e. The zero-order chi connectivity index (χ0) is 25.3. The maximum absolute atomic E-state index is 13.5. The number of amides is 2. The molecule has 2 aromatic rings. The number of hydrogen-bond donors (Lipinski definition) is 1. The lowest BCUT2D eigenvalue weighted by Crippen LogP contribution is -2.52. The smallest absolute Gasteiger partial charge is 0.244 e. The van der Waals surface area contributed by atoms with Gasteiger partial charge in [-0.3, -0.25) is 13.9 Å². The molecule has 2 aromatic carbocycles. The number of carbonyl (C=O) groups is 2. The van der Waals surface area contributed by atoms with Gasteiger partial charge in [-0.15, -0.1) is 0 Å². The number of rotatable bonds is 12. The predicted octanol–water partition coefficient (Wildman–Crippen LogP) is 3.62. The summed E-state index contributed by atoms with van der Waals surface area (Å²) in [7, 11) is -3.77. The highest BCUT2D eigenvalue weighted by atomic mass is 32.2. The summed E-state index contributed by atoms with van der Waals surface area (Å²) in [5.74, 6) is -1.23. The van der Waals surface area contributed by atoms with Gasteiger partial charge in [0.1, 0.15) is 18.4 Å². The topological polar surface area (TPSA) is 86.8 Å². The summed E-state index contributed by atoms with van der Waals surface area (Å²) in [5.41, 5.74) is 1.95. The Morgan fingerprint density at radius 1 is 1.03 bits per heavy atom. The zero-order valence-corrected chi connectivity index (χ0v) is 21.1. The quantitative estimate of drug-likeness (QED) is 0.460. The SMILES string of the molecule is CCCCNC(=O)[C@H](CC)N(Cc1ccc(F)cc1)C(=O)CN(c1ccc(C)cc1)S(C)(=O)=O. The molecule has 0 saturated carbocycles. The van der Waals surface area contributed by atoms with Crippen LogP contribution in [0.5, 0.6) is 0 Å². The van der Waals surface area contributed by atoms with E-state index in [1.54, 1.807) is 43.3 Å². The van der Waals surface area contributed by atoms with Gasteiger partial charge < -0.3 is 10.2 Å². The molecular formula is C25H34FN3O4S. The van der Waals surface area contributed by atoms with E-state index in [4.69, 9.17) is 0 Å². The van der Waals surface area contributed by atoms with Gasteiger partial charge in [0.25, 0.3) is 0 Å². The van der Waals surface area contributed by atoms with Crippen molar-refractivity contribution in [3.05, 3.63) is 65.5 Å². The minimum absolute atomic E-state index is 0.0459. The van der Waals surface area contributed by atoms with Crippen molar-refractivity contribution in [1.29, 1.82) is 0 Å². The Morgan fingerprint density at radius 3 is 2.18 bits per heavy atom. The van der Waals surface area contributed by atoms with Crippen molar-refractivity contribution in [2.75, 3.05) is 23.7 Å². The minimum Gasteiger partial charge on any atom is -0.354 e. The third-order valence-electron chi connectivity index (χ3n) is 5.48. The molecule has 0 aliphatic heterocycles. The summed E-state index contributed by atoms with van der Waals surface area (Å²) >= 11 is 0. The molecule has 0 aliphatic carbocycles. The molecule has 1 N–H and O–H groups in total. The van der Waals surface area contributed by atoms with Gasteiger partial charge in [0.15, 0.2) is 0 Å². The first-order valence-corrected chi connectivity index (χ1v) is 13.3. The van der Waals surface area contributed by atoms with Gasteiger partial charge in [-0.2, -0.15) is 0 Å². The normalized spacial score (nSPS) is 12.1. The number of hydrogen-bond acceptors (Lipinski definition) is 4. The van der Waals surface area contributed by atoms with Crippen LogP contribution in [0.15, 0.2) is 48.5 Å². The van der Waals surface area contributed by atoms with E-state index in [0.29, 0.717) is 24.2 Å². The van der Waals surface area contributed by atoms with Crippen molar-refractivity contribution in [1.82, 2.24) is 10.2 Å². The number of nitrogens with one attached hydrogen (secondary N) is 1. The van der Waals surface area contributed by atoms with Crippen molar-refractivity contribution in [2.24, 2.45) is 0 Å². The van der Waals surface area contributed by atoms with Crippen LogP contribution < -0.4 is 9.62 Å². The second-order valence-electron chi connectivity index (χ2n) is 8.32. The molecule has 0 aliphatic rings. The molecule has 0 heterocycles. The number of carbonyl (C=O) groups excluding carboxylic acids is 2. The molecular weight excluding hydrogens is 457 g/mol. The Kier molecular flexibility index (Phi) is 10.0. The van der Waals surface area contributed by atoms with Crippen LogP contribution in [-0.4, -0.2) is 50.5 Å². The monoisotopic (exact) mass is 491 g/mol. The van der Waals surface area contributed by atoms with Crippen molar-refractivity contribution in [3.8, 4) is 0 Å². The van der Waals surface area contributed by atoms with E-state index in [9.17, 15) is 22.4 Å². The average molecular weight is 492 g/mol. The van der Waals surface area contributed by atoms with Crippen LogP contribution in [0.2, 0.25) is 0 Å². The Morgan fingerprint density at radius 2 is 1.65 bits per heavy atom. The standard InChI is InChI=1S/C25H34FN3O4S/c1-5-7-16-27-25(31)23(6-2)28(17-20-10-12-21(26)13-11-20)24(30)18-29(34(4,32)33)22-14-8-19(3)9-15-22/h8-15,23H,5-7,16-18H2,1-4H3,(H,27,31)/t23-/m0/s1. The van der Waals surface area contributed by atoms with E-state index >= 15 is 0 Å². The van der Waals surface area contributed by atoms with Gasteiger partial charge in [-0.05, 0) is 49.6 Å². The van der Waals surface area contributed by atoms with E-state index in [2.05, 4.69) is 5.32 Å². The molecule has 0 saturated heterocycles. The van der Waals surface area contributed by atoms with Crippen LogP contribution >= 0.6 is 0 Å². The second-order valence-corrected chi connectivity index (χ2v) is 10.2. The number of anilines is 1. The molecule has 7 nitrogen and oxygen atoms in total. The van der Waals surface area contributed by atoms with E-state index in [1.165, 1.54) is 17.0 Å². The maximum Gasteiger partial charge on any atom is 0.244 e. The number of benzene rings is 2. The Bertz CT molecular complexity index is 1060. The first kappa shape index (κ1) is 27.3. The summed E-state index contributed by atoms with van der Waals surface area (Å²) in [6.07, 6.45) is 3.10. The second kappa shape index (κ2) is 12.5. The lowest BCUT2D eigenvalue weighted by molar-refractivity contribution is -0.140. The first-order chi connectivity index (χ1) is 16.1. The summed E-state index contributed by atoms with van der Waals surface area (Å²) in [4.78, 5) is 27.8. The number of halogens is 1. The third kappa shape index (κ3) is 7.83. The van der Waals surface area contributed by atoms with Gasteiger partial charge in [0.05, 0.1) is 11.9 Å². The lowest BCUT2D eigenvalue weighted by Gasteiger charge is -2.33. The average Bonchev–Trinajstić information content (AvgIpc) is 2.78. The molecule has 0 fully saturated rings. The summed E-state index contributed by atoms with van der Waals surface area (Å²) in [6, 6.07) is 11.7. The van der Waals surface area contributed by atoms with Gasteiger partial charge >= 0.3 is 0 Å². The van der Waals surface area contributed by atoms with Crippen molar-refractivity contribution in [2.45, 2.75) is 52.6 Å². The van der Waals surface area contributed by atoms with Gasteiger partial charge in [0, 0.05) is 13.1 Å². The molecule has 0 spiro atoms. The fourth-order valence-electron chi connectivity index (χ4n) is 3.54.